The molecule has 88 valence electrons. The number of aliphatic hydroxyl groups is 1. The number of hydrogen-bond donors (Lipinski definition) is 2. The van der Waals surface area contributed by atoms with E-state index in [4.69, 9.17) is 5.11 Å². The average Bonchev–Trinajstić information content (AvgIpc) is 2.30. The van der Waals surface area contributed by atoms with Crippen LogP contribution in [-0.4, -0.2) is 32.8 Å². The third kappa shape index (κ3) is 4.89. The molecule has 2 N–H and O–H groups in total. The van der Waals surface area contributed by atoms with Gasteiger partial charge >= 0.3 is 5.97 Å². The first-order chi connectivity index (χ1) is 7.09. The summed E-state index contributed by atoms with van der Waals surface area (Å²) in [5, 5.41) is 18.9. The number of aliphatic carboxylic acids is 1. The van der Waals surface area contributed by atoms with Gasteiger partial charge in [-0.25, -0.2) is 0 Å². The number of aliphatic hydroxyl groups excluding tert-OH is 1. The maximum absolute atomic E-state index is 10.5. The van der Waals surface area contributed by atoms with Crippen LogP contribution >= 0.6 is 11.8 Å². The summed E-state index contributed by atoms with van der Waals surface area (Å²) < 4.78 is 0. The van der Waals surface area contributed by atoms with E-state index in [0.717, 1.165) is 25.7 Å². The number of carboxylic acids is 1. The normalized spacial score (nSPS) is 29.5. The number of carbonyl (C=O) groups is 1. The van der Waals surface area contributed by atoms with Gasteiger partial charge in [0.2, 0.25) is 0 Å². The van der Waals surface area contributed by atoms with E-state index in [1.165, 1.54) is 6.42 Å². The molecule has 0 saturated heterocycles. The standard InChI is InChI=1S/C11H20O3S/c1-8(7-11(13)14)15-10-6-4-2-3-5-9(10)12/h8-10,12H,2-7H2,1H3,(H,13,14). The molecule has 0 heterocycles. The minimum Gasteiger partial charge on any atom is -0.481 e. The Morgan fingerprint density at radius 1 is 1.40 bits per heavy atom. The van der Waals surface area contributed by atoms with E-state index >= 15 is 0 Å². The summed E-state index contributed by atoms with van der Waals surface area (Å²) in [4.78, 5) is 10.5. The highest BCUT2D eigenvalue weighted by atomic mass is 32.2. The Labute approximate surface area is 95.3 Å². The predicted molar refractivity (Wildman–Crippen MR) is 62.2 cm³/mol. The molecule has 0 aromatic rings. The maximum atomic E-state index is 10.5. The van der Waals surface area contributed by atoms with E-state index < -0.39 is 5.97 Å². The SMILES string of the molecule is CC(CC(=O)O)SC1CCCCCC1O. The predicted octanol–water partition coefficient (Wildman–Crippen LogP) is 2.28. The Hall–Kier alpha value is -0.220. The lowest BCUT2D eigenvalue weighted by Crippen LogP contribution is -2.24. The third-order valence-corrected chi connectivity index (χ3v) is 4.32. The van der Waals surface area contributed by atoms with Crippen LogP contribution in [0.3, 0.4) is 0 Å². The Kier molecular flexibility index (Phi) is 5.47. The van der Waals surface area contributed by atoms with Gasteiger partial charge in [0.1, 0.15) is 0 Å². The van der Waals surface area contributed by atoms with Crippen molar-refractivity contribution >= 4 is 17.7 Å². The molecule has 1 aliphatic carbocycles. The molecule has 1 saturated carbocycles. The summed E-state index contributed by atoms with van der Waals surface area (Å²) in [5.74, 6) is -0.752. The molecule has 3 atom stereocenters. The molecular weight excluding hydrogens is 212 g/mol. The van der Waals surface area contributed by atoms with Crippen molar-refractivity contribution in [3.63, 3.8) is 0 Å². The van der Waals surface area contributed by atoms with Gasteiger partial charge in [-0.15, -0.1) is 0 Å². The van der Waals surface area contributed by atoms with E-state index in [9.17, 15) is 9.90 Å². The molecule has 4 heteroatoms. The molecule has 0 amide bonds. The molecule has 0 spiro atoms. The second-order valence-electron chi connectivity index (χ2n) is 4.29. The zero-order chi connectivity index (χ0) is 11.3. The zero-order valence-electron chi connectivity index (χ0n) is 9.19. The lowest BCUT2D eigenvalue weighted by Gasteiger charge is -2.22. The lowest BCUT2D eigenvalue weighted by molar-refractivity contribution is -0.136. The fraction of sp³-hybridized carbons (Fsp3) is 0.909. The van der Waals surface area contributed by atoms with Crippen LogP contribution in [0.15, 0.2) is 0 Å². The van der Waals surface area contributed by atoms with Crippen molar-refractivity contribution < 1.29 is 15.0 Å². The van der Waals surface area contributed by atoms with Gasteiger partial charge in [0.25, 0.3) is 0 Å². The number of thioether (sulfide) groups is 1. The monoisotopic (exact) mass is 232 g/mol. The molecule has 3 unspecified atom stereocenters. The van der Waals surface area contributed by atoms with Gasteiger partial charge < -0.3 is 10.2 Å². The molecular formula is C11H20O3S. The van der Waals surface area contributed by atoms with Crippen molar-refractivity contribution in [1.29, 1.82) is 0 Å². The summed E-state index contributed by atoms with van der Waals surface area (Å²) in [5.41, 5.74) is 0. The van der Waals surface area contributed by atoms with E-state index in [1.54, 1.807) is 11.8 Å². The smallest absolute Gasteiger partial charge is 0.304 e. The first-order valence-corrected chi connectivity index (χ1v) is 6.59. The van der Waals surface area contributed by atoms with Gasteiger partial charge in [-0.1, -0.05) is 26.2 Å². The highest BCUT2D eigenvalue weighted by molar-refractivity contribution is 8.00. The quantitative estimate of drug-likeness (QED) is 0.730. The molecule has 0 aromatic heterocycles. The highest BCUT2D eigenvalue weighted by Gasteiger charge is 2.24. The summed E-state index contributed by atoms with van der Waals surface area (Å²) in [6.45, 7) is 1.93. The largest absolute Gasteiger partial charge is 0.481 e. The molecule has 0 aromatic carbocycles. The Morgan fingerprint density at radius 3 is 2.73 bits per heavy atom. The van der Waals surface area contributed by atoms with Gasteiger partial charge in [-0.2, -0.15) is 11.8 Å². The van der Waals surface area contributed by atoms with Crippen LogP contribution in [0.2, 0.25) is 0 Å². The van der Waals surface area contributed by atoms with Crippen LogP contribution in [0.4, 0.5) is 0 Å². The second kappa shape index (κ2) is 6.38. The first kappa shape index (κ1) is 12.8. The second-order valence-corrected chi connectivity index (χ2v) is 5.97. The van der Waals surface area contributed by atoms with Crippen LogP contribution in [0.25, 0.3) is 0 Å². The molecule has 0 radical (unpaired) electrons. The van der Waals surface area contributed by atoms with Crippen LogP contribution < -0.4 is 0 Å². The van der Waals surface area contributed by atoms with E-state index in [-0.39, 0.29) is 23.0 Å². The van der Waals surface area contributed by atoms with Gasteiger partial charge in [0.05, 0.1) is 12.5 Å². The Balaban J connectivity index is 2.36. The fourth-order valence-corrected chi connectivity index (χ4v) is 3.46. The number of rotatable bonds is 4. The van der Waals surface area contributed by atoms with Crippen LogP contribution in [0.1, 0.15) is 45.4 Å². The summed E-state index contributed by atoms with van der Waals surface area (Å²) in [6, 6.07) is 0. The highest BCUT2D eigenvalue weighted by Crippen LogP contribution is 2.31. The first-order valence-electron chi connectivity index (χ1n) is 5.65. The maximum Gasteiger partial charge on any atom is 0.304 e. The Bertz CT molecular complexity index is 208. The minimum atomic E-state index is -0.752. The lowest BCUT2D eigenvalue weighted by atomic mass is 10.1. The van der Waals surface area contributed by atoms with Gasteiger partial charge in [-0.3, -0.25) is 4.79 Å². The van der Waals surface area contributed by atoms with E-state index in [1.807, 2.05) is 6.92 Å². The molecule has 15 heavy (non-hydrogen) atoms. The number of carboxylic acid groups (broad SMARTS) is 1. The van der Waals surface area contributed by atoms with E-state index in [2.05, 4.69) is 0 Å². The summed E-state index contributed by atoms with van der Waals surface area (Å²) in [7, 11) is 0. The van der Waals surface area contributed by atoms with Gasteiger partial charge in [0.15, 0.2) is 0 Å². The van der Waals surface area contributed by atoms with E-state index in [0.29, 0.717) is 0 Å². The van der Waals surface area contributed by atoms with Crippen LogP contribution in [0.5, 0.6) is 0 Å². The summed E-state index contributed by atoms with van der Waals surface area (Å²) >= 11 is 1.64. The van der Waals surface area contributed by atoms with Crippen LogP contribution in [-0.2, 0) is 4.79 Å². The topological polar surface area (TPSA) is 57.5 Å². The van der Waals surface area contributed by atoms with Crippen molar-refractivity contribution in [3.05, 3.63) is 0 Å². The van der Waals surface area contributed by atoms with Crippen LogP contribution in [0, 0.1) is 0 Å². The van der Waals surface area contributed by atoms with Crippen molar-refractivity contribution in [1.82, 2.24) is 0 Å². The molecule has 0 aliphatic heterocycles. The number of hydrogen-bond acceptors (Lipinski definition) is 3. The third-order valence-electron chi connectivity index (χ3n) is 2.79. The molecule has 1 rings (SSSR count). The van der Waals surface area contributed by atoms with Gasteiger partial charge in [0, 0.05) is 10.5 Å². The fourth-order valence-electron chi connectivity index (χ4n) is 2.01. The molecule has 1 aliphatic rings. The summed E-state index contributed by atoms with van der Waals surface area (Å²) in [6.07, 6.45) is 5.30. The Morgan fingerprint density at radius 2 is 2.07 bits per heavy atom. The van der Waals surface area contributed by atoms with Crippen molar-refractivity contribution in [3.8, 4) is 0 Å². The van der Waals surface area contributed by atoms with Crippen molar-refractivity contribution in [2.24, 2.45) is 0 Å². The minimum absolute atomic E-state index is 0.0975. The zero-order valence-corrected chi connectivity index (χ0v) is 10.0. The molecule has 3 nitrogen and oxygen atoms in total. The average molecular weight is 232 g/mol. The van der Waals surface area contributed by atoms with Gasteiger partial charge in [-0.05, 0) is 12.8 Å². The van der Waals surface area contributed by atoms with Crippen molar-refractivity contribution in [2.45, 2.75) is 62.1 Å². The molecule has 0 bridgehead atoms. The van der Waals surface area contributed by atoms with Crippen molar-refractivity contribution in [2.75, 3.05) is 0 Å². The molecule has 1 fully saturated rings.